The van der Waals surface area contributed by atoms with E-state index < -0.39 is 0 Å². The lowest BCUT2D eigenvalue weighted by Crippen LogP contribution is -2.07. The molecule has 4 heteroatoms. The molecule has 3 nitrogen and oxygen atoms in total. The second kappa shape index (κ2) is 4.07. The Morgan fingerprint density at radius 1 is 1.06 bits per heavy atom. The fourth-order valence-corrected chi connectivity index (χ4v) is 3.34. The number of benzene rings is 2. The topological polar surface area (TPSA) is 75.9 Å². The van der Waals surface area contributed by atoms with Crippen LogP contribution in [0.25, 0.3) is 11.1 Å². The monoisotopic (exact) mass is 255 g/mol. The van der Waals surface area contributed by atoms with E-state index in [1.165, 1.54) is 28.5 Å². The molecule has 90 valence electrons. The van der Waals surface area contributed by atoms with Crippen molar-refractivity contribution in [3.63, 3.8) is 0 Å². The highest BCUT2D eigenvalue weighted by Gasteiger charge is 2.29. The van der Waals surface area contributed by atoms with Crippen LogP contribution in [0.5, 0.6) is 0 Å². The second-order valence-corrected chi connectivity index (χ2v) is 5.44. The molecule has 2 aromatic rings. The Morgan fingerprint density at radius 3 is 2.56 bits per heavy atom. The van der Waals surface area contributed by atoms with Crippen LogP contribution in [0.15, 0.2) is 42.5 Å². The summed E-state index contributed by atoms with van der Waals surface area (Å²) in [6, 6.07) is 14.2. The quantitative estimate of drug-likeness (QED) is 0.416. The van der Waals surface area contributed by atoms with Gasteiger partial charge in [0, 0.05) is 5.69 Å². The van der Waals surface area contributed by atoms with E-state index in [0.29, 0.717) is 0 Å². The maximum absolute atomic E-state index is 7.51. The molecule has 0 bridgehead atoms. The molecule has 0 spiro atoms. The molecule has 3 rings (SSSR count). The van der Waals surface area contributed by atoms with Crippen LogP contribution >= 0.6 is 11.8 Å². The van der Waals surface area contributed by atoms with Crippen molar-refractivity contribution in [2.24, 2.45) is 5.73 Å². The summed E-state index contributed by atoms with van der Waals surface area (Å²) < 4.78 is 0. The summed E-state index contributed by atoms with van der Waals surface area (Å²) in [6.07, 6.45) is 0. The van der Waals surface area contributed by atoms with E-state index in [2.05, 4.69) is 12.1 Å². The van der Waals surface area contributed by atoms with Gasteiger partial charge in [0.2, 0.25) is 0 Å². The SMILES string of the molecule is N=C(N)S[C@H]1c2ccccc2-c2ccc(N)cc21. The summed E-state index contributed by atoms with van der Waals surface area (Å²) in [6.45, 7) is 0. The lowest BCUT2D eigenvalue weighted by molar-refractivity contribution is 1.23. The molecule has 0 heterocycles. The second-order valence-electron chi connectivity index (χ2n) is 4.30. The van der Waals surface area contributed by atoms with Crippen LogP contribution in [-0.4, -0.2) is 5.17 Å². The van der Waals surface area contributed by atoms with Crippen LogP contribution in [0, 0.1) is 5.41 Å². The van der Waals surface area contributed by atoms with Gasteiger partial charge in [-0.3, -0.25) is 5.41 Å². The Kier molecular flexibility index (Phi) is 2.52. The van der Waals surface area contributed by atoms with Gasteiger partial charge in [-0.25, -0.2) is 0 Å². The van der Waals surface area contributed by atoms with Gasteiger partial charge in [0.15, 0.2) is 5.17 Å². The number of nitrogens with one attached hydrogen (secondary N) is 1. The van der Waals surface area contributed by atoms with Gasteiger partial charge < -0.3 is 11.5 Å². The highest BCUT2D eigenvalue weighted by Crippen LogP contribution is 2.50. The minimum atomic E-state index is 0.0807. The average Bonchev–Trinajstić information content (AvgIpc) is 2.63. The summed E-state index contributed by atoms with van der Waals surface area (Å²) in [5.74, 6) is 0. The van der Waals surface area contributed by atoms with Crippen molar-refractivity contribution in [3.8, 4) is 11.1 Å². The average molecular weight is 255 g/mol. The van der Waals surface area contributed by atoms with Crippen LogP contribution in [0.1, 0.15) is 16.4 Å². The number of thioether (sulfide) groups is 1. The Labute approximate surface area is 110 Å². The van der Waals surface area contributed by atoms with E-state index in [4.69, 9.17) is 16.9 Å². The predicted octanol–water partition coefficient (Wildman–Crippen LogP) is 2.97. The molecular formula is C14H13N3S. The molecule has 2 aromatic carbocycles. The van der Waals surface area contributed by atoms with E-state index in [0.717, 1.165) is 11.3 Å². The highest BCUT2D eigenvalue weighted by atomic mass is 32.2. The number of hydrogen-bond acceptors (Lipinski definition) is 3. The maximum Gasteiger partial charge on any atom is 0.151 e. The predicted molar refractivity (Wildman–Crippen MR) is 77.6 cm³/mol. The van der Waals surface area contributed by atoms with Crippen molar-refractivity contribution in [2.75, 3.05) is 5.73 Å². The molecule has 0 aliphatic heterocycles. The molecule has 0 fully saturated rings. The zero-order chi connectivity index (χ0) is 12.7. The first-order valence-corrected chi connectivity index (χ1v) is 6.54. The zero-order valence-electron chi connectivity index (χ0n) is 9.68. The number of amidine groups is 1. The van der Waals surface area contributed by atoms with Crippen molar-refractivity contribution in [3.05, 3.63) is 53.6 Å². The first-order valence-electron chi connectivity index (χ1n) is 5.66. The summed E-state index contributed by atoms with van der Waals surface area (Å²) in [4.78, 5) is 0. The Balaban J connectivity index is 2.21. The third-order valence-electron chi connectivity index (χ3n) is 3.14. The summed E-state index contributed by atoms with van der Waals surface area (Å²) in [5.41, 5.74) is 16.9. The van der Waals surface area contributed by atoms with Crippen LogP contribution in [-0.2, 0) is 0 Å². The number of anilines is 1. The molecule has 0 aromatic heterocycles. The summed E-state index contributed by atoms with van der Waals surface area (Å²) >= 11 is 1.36. The molecule has 18 heavy (non-hydrogen) atoms. The molecule has 0 radical (unpaired) electrons. The van der Waals surface area contributed by atoms with Crippen molar-refractivity contribution in [1.82, 2.24) is 0 Å². The third-order valence-corrected chi connectivity index (χ3v) is 4.13. The van der Waals surface area contributed by atoms with E-state index >= 15 is 0 Å². The van der Waals surface area contributed by atoms with Crippen LogP contribution in [0.3, 0.4) is 0 Å². The van der Waals surface area contributed by atoms with E-state index in [-0.39, 0.29) is 10.4 Å². The first-order chi connectivity index (χ1) is 8.66. The van der Waals surface area contributed by atoms with Gasteiger partial charge in [0.25, 0.3) is 0 Å². The van der Waals surface area contributed by atoms with E-state index in [1.54, 1.807) is 0 Å². The van der Waals surface area contributed by atoms with Gasteiger partial charge in [-0.2, -0.15) is 0 Å². The van der Waals surface area contributed by atoms with Gasteiger partial charge in [0.05, 0.1) is 5.25 Å². The van der Waals surface area contributed by atoms with Gasteiger partial charge in [-0.05, 0) is 34.4 Å². The van der Waals surface area contributed by atoms with Gasteiger partial charge in [0.1, 0.15) is 0 Å². The van der Waals surface area contributed by atoms with E-state index in [1.807, 2.05) is 30.3 Å². The lowest BCUT2D eigenvalue weighted by atomic mass is 10.1. The first kappa shape index (κ1) is 11.2. The smallest absolute Gasteiger partial charge is 0.151 e. The molecular weight excluding hydrogens is 242 g/mol. The number of hydrogen-bond donors (Lipinski definition) is 3. The molecule has 0 amide bonds. The molecule has 0 unspecified atom stereocenters. The van der Waals surface area contributed by atoms with Crippen molar-refractivity contribution in [2.45, 2.75) is 5.25 Å². The Bertz CT molecular complexity index is 637. The summed E-state index contributed by atoms with van der Waals surface area (Å²) in [5, 5.41) is 7.72. The molecule has 0 saturated carbocycles. The zero-order valence-corrected chi connectivity index (χ0v) is 10.5. The largest absolute Gasteiger partial charge is 0.399 e. The fraction of sp³-hybridized carbons (Fsp3) is 0.0714. The van der Waals surface area contributed by atoms with Gasteiger partial charge in [-0.15, -0.1) is 0 Å². The molecule has 0 saturated heterocycles. The van der Waals surface area contributed by atoms with Crippen LogP contribution in [0.4, 0.5) is 5.69 Å². The minimum absolute atomic E-state index is 0.0807. The molecule has 1 atom stereocenters. The van der Waals surface area contributed by atoms with Crippen LogP contribution < -0.4 is 11.5 Å². The van der Waals surface area contributed by atoms with E-state index in [9.17, 15) is 0 Å². The number of nitrogen functional groups attached to an aromatic ring is 1. The normalized spacial score (nSPS) is 16.1. The Hall–Kier alpha value is -1.94. The number of rotatable bonds is 1. The maximum atomic E-state index is 7.51. The summed E-state index contributed by atoms with van der Waals surface area (Å²) in [7, 11) is 0. The lowest BCUT2D eigenvalue weighted by Gasteiger charge is -2.12. The van der Waals surface area contributed by atoms with Gasteiger partial charge >= 0.3 is 0 Å². The van der Waals surface area contributed by atoms with Gasteiger partial charge in [-0.1, -0.05) is 42.1 Å². The van der Waals surface area contributed by atoms with Crippen molar-refractivity contribution < 1.29 is 0 Å². The van der Waals surface area contributed by atoms with Crippen molar-refractivity contribution >= 4 is 22.6 Å². The standard InChI is InChI=1S/C14H13N3S/c15-8-5-6-10-9-3-1-2-4-11(9)13(12(10)7-8)18-14(16)17/h1-7,13H,15H2,(H3,16,17)/t13-/m0/s1. The van der Waals surface area contributed by atoms with Crippen LogP contribution in [0.2, 0.25) is 0 Å². The molecule has 1 aliphatic carbocycles. The third kappa shape index (κ3) is 1.66. The van der Waals surface area contributed by atoms with Crippen molar-refractivity contribution in [1.29, 1.82) is 5.41 Å². The molecule has 5 N–H and O–H groups in total. The number of fused-ring (bicyclic) bond motifs is 3. The number of nitrogens with two attached hydrogens (primary N) is 2. The molecule has 1 aliphatic rings. The highest BCUT2D eigenvalue weighted by molar-refractivity contribution is 8.14. The fourth-order valence-electron chi connectivity index (χ4n) is 2.44. The Morgan fingerprint density at radius 2 is 1.78 bits per heavy atom. The minimum Gasteiger partial charge on any atom is -0.399 e.